The van der Waals surface area contributed by atoms with E-state index < -0.39 is 47.3 Å². The number of hydrogen-bond donors (Lipinski definition) is 5. The van der Waals surface area contributed by atoms with Gasteiger partial charge in [0.1, 0.15) is 30.0 Å². The number of hydrogen-bond acceptors (Lipinski definition) is 7. The Morgan fingerprint density at radius 1 is 1.10 bits per heavy atom. The number of para-hydroxylation sites is 1. The van der Waals surface area contributed by atoms with Crippen molar-refractivity contribution >= 4 is 29.5 Å². The van der Waals surface area contributed by atoms with Crippen molar-refractivity contribution < 1.29 is 33.4 Å². The van der Waals surface area contributed by atoms with E-state index in [1.807, 2.05) is 13.8 Å². The molecule has 1 aromatic carbocycles. The van der Waals surface area contributed by atoms with Gasteiger partial charge in [-0.2, -0.15) is 0 Å². The third-order valence-electron chi connectivity index (χ3n) is 7.35. The van der Waals surface area contributed by atoms with E-state index in [2.05, 4.69) is 26.6 Å². The molecule has 0 aromatic heterocycles. The van der Waals surface area contributed by atoms with E-state index in [0.29, 0.717) is 32.4 Å². The fourth-order valence-electron chi connectivity index (χ4n) is 5.07. The molecule has 0 unspecified atom stereocenters. The second kappa shape index (κ2) is 14.8. The summed E-state index contributed by atoms with van der Waals surface area (Å²) in [4.78, 5) is 66.6. The highest BCUT2D eigenvalue weighted by atomic mass is 16.5. The van der Waals surface area contributed by atoms with Gasteiger partial charge in [-0.05, 0) is 44.2 Å². The Hall–Kier alpha value is -3.67. The molecule has 1 heterocycles. The first-order valence-corrected chi connectivity index (χ1v) is 14.3. The molecule has 226 valence electrons. The number of fused-ring (bicyclic) bond motifs is 1. The summed E-state index contributed by atoms with van der Waals surface area (Å²) >= 11 is 0. The number of benzene rings is 1. The SMILES string of the molecule is COCCCNC(=O)[C@@H]1CC(=O)NC2(CCCC2)C(=O)N[C@H](C(C)C)C(=O)N[C@@H](C)COc2ccccc2C(=O)N1. The van der Waals surface area contributed by atoms with E-state index in [-0.39, 0.29) is 36.2 Å². The quantitative estimate of drug-likeness (QED) is 0.314. The van der Waals surface area contributed by atoms with Crippen LogP contribution >= 0.6 is 0 Å². The average Bonchev–Trinajstić information content (AvgIpc) is 3.41. The molecular formula is C29H43N5O7. The predicted octanol–water partition coefficient (Wildman–Crippen LogP) is 0.795. The summed E-state index contributed by atoms with van der Waals surface area (Å²) in [5, 5.41) is 14.0. The minimum atomic E-state index is -1.22. The van der Waals surface area contributed by atoms with Gasteiger partial charge in [0.15, 0.2) is 0 Å². The molecular weight excluding hydrogens is 530 g/mol. The van der Waals surface area contributed by atoms with Crippen LogP contribution in [0.15, 0.2) is 24.3 Å². The molecule has 12 heteroatoms. The van der Waals surface area contributed by atoms with Crippen LogP contribution in [0.25, 0.3) is 0 Å². The molecule has 3 atom stereocenters. The van der Waals surface area contributed by atoms with Gasteiger partial charge in [-0.25, -0.2) is 0 Å². The van der Waals surface area contributed by atoms with Gasteiger partial charge in [-0.1, -0.05) is 38.8 Å². The number of carbonyl (C=O) groups excluding carboxylic acids is 5. The first kappa shape index (κ1) is 31.9. The molecule has 1 aliphatic heterocycles. The summed E-state index contributed by atoms with van der Waals surface area (Å²) in [5.41, 5.74) is -1.04. The van der Waals surface area contributed by atoms with Crippen molar-refractivity contribution in [1.82, 2.24) is 26.6 Å². The molecule has 0 bridgehead atoms. The van der Waals surface area contributed by atoms with Crippen LogP contribution in [-0.2, 0) is 23.9 Å². The summed E-state index contributed by atoms with van der Waals surface area (Å²) in [7, 11) is 1.56. The molecule has 1 fully saturated rings. The Morgan fingerprint density at radius 2 is 1.80 bits per heavy atom. The van der Waals surface area contributed by atoms with Gasteiger partial charge in [0, 0.05) is 20.3 Å². The number of nitrogens with one attached hydrogen (secondary N) is 5. The second-order valence-electron chi connectivity index (χ2n) is 11.1. The molecule has 1 aliphatic carbocycles. The van der Waals surface area contributed by atoms with E-state index in [0.717, 1.165) is 12.8 Å². The average molecular weight is 574 g/mol. The van der Waals surface area contributed by atoms with E-state index >= 15 is 0 Å². The standard InChI is InChI=1S/C29H43N5O7/c1-18(2)24-27(38)31-19(3)17-41-22-11-6-5-10-20(22)25(36)32-21(26(37)30-14-9-15-40-4)16-23(35)34-29(28(39)33-24)12-7-8-13-29/h5-6,10-11,18-19,21,24H,7-9,12-17H2,1-4H3,(H,30,37)(H,31,38)(H,32,36)(H,33,39)(H,34,35)/t19-,21-,24+/m0/s1. The molecule has 0 saturated heterocycles. The van der Waals surface area contributed by atoms with Gasteiger partial charge in [-0.3, -0.25) is 24.0 Å². The first-order chi connectivity index (χ1) is 19.6. The molecule has 41 heavy (non-hydrogen) atoms. The summed E-state index contributed by atoms with van der Waals surface area (Å²) in [6, 6.07) is 4.05. The summed E-state index contributed by atoms with van der Waals surface area (Å²) < 4.78 is 10.9. The van der Waals surface area contributed by atoms with Crippen molar-refractivity contribution in [2.24, 2.45) is 5.92 Å². The van der Waals surface area contributed by atoms with E-state index in [9.17, 15) is 24.0 Å². The predicted molar refractivity (Wildman–Crippen MR) is 151 cm³/mol. The van der Waals surface area contributed by atoms with E-state index in [4.69, 9.17) is 9.47 Å². The fourth-order valence-corrected chi connectivity index (χ4v) is 5.07. The van der Waals surface area contributed by atoms with Gasteiger partial charge in [0.2, 0.25) is 23.6 Å². The number of ether oxygens (including phenoxy) is 2. The number of amides is 5. The highest BCUT2D eigenvalue weighted by Crippen LogP contribution is 2.30. The Labute approximate surface area is 241 Å². The molecule has 5 amide bonds. The highest BCUT2D eigenvalue weighted by Gasteiger charge is 2.44. The van der Waals surface area contributed by atoms with Gasteiger partial charge < -0.3 is 36.1 Å². The zero-order chi connectivity index (χ0) is 30.0. The van der Waals surface area contributed by atoms with Crippen molar-refractivity contribution in [1.29, 1.82) is 0 Å². The Balaban J connectivity index is 1.95. The number of carbonyl (C=O) groups is 5. The fraction of sp³-hybridized carbons (Fsp3) is 0.621. The van der Waals surface area contributed by atoms with Crippen LogP contribution in [0.3, 0.4) is 0 Å². The van der Waals surface area contributed by atoms with Gasteiger partial charge in [0.05, 0.1) is 18.0 Å². The molecule has 3 rings (SSSR count). The number of rotatable bonds is 6. The molecule has 5 N–H and O–H groups in total. The zero-order valence-electron chi connectivity index (χ0n) is 24.3. The Morgan fingerprint density at radius 3 is 2.49 bits per heavy atom. The van der Waals surface area contributed by atoms with Crippen molar-refractivity contribution in [3.63, 3.8) is 0 Å². The van der Waals surface area contributed by atoms with Gasteiger partial charge in [-0.15, -0.1) is 0 Å². The monoisotopic (exact) mass is 573 g/mol. The van der Waals surface area contributed by atoms with Crippen LogP contribution in [0.4, 0.5) is 0 Å². The van der Waals surface area contributed by atoms with Crippen molar-refractivity contribution in [2.75, 3.05) is 26.9 Å². The molecule has 1 spiro atoms. The van der Waals surface area contributed by atoms with E-state index in [1.54, 1.807) is 38.3 Å². The van der Waals surface area contributed by atoms with Crippen LogP contribution in [0.2, 0.25) is 0 Å². The maximum Gasteiger partial charge on any atom is 0.255 e. The molecule has 1 saturated carbocycles. The highest BCUT2D eigenvalue weighted by molar-refractivity contribution is 6.01. The van der Waals surface area contributed by atoms with Crippen LogP contribution in [0, 0.1) is 5.92 Å². The third kappa shape index (κ3) is 8.66. The summed E-state index contributed by atoms with van der Waals surface area (Å²) in [6.07, 6.45) is 2.40. The van der Waals surface area contributed by atoms with E-state index in [1.165, 1.54) is 0 Å². The lowest BCUT2D eigenvalue weighted by atomic mass is 9.93. The smallest absolute Gasteiger partial charge is 0.255 e. The molecule has 0 radical (unpaired) electrons. The maximum absolute atomic E-state index is 13.6. The van der Waals surface area contributed by atoms with Crippen LogP contribution in [0.1, 0.15) is 69.7 Å². The van der Waals surface area contributed by atoms with Crippen LogP contribution < -0.4 is 31.3 Å². The lowest BCUT2D eigenvalue weighted by molar-refractivity contribution is -0.137. The second-order valence-corrected chi connectivity index (χ2v) is 11.1. The van der Waals surface area contributed by atoms with Crippen LogP contribution in [0.5, 0.6) is 5.75 Å². The third-order valence-corrected chi connectivity index (χ3v) is 7.35. The normalized spacial score (nSPS) is 23.9. The maximum atomic E-state index is 13.6. The minimum absolute atomic E-state index is 0.0577. The lowest BCUT2D eigenvalue weighted by Gasteiger charge is -2.33. The van der Waals surface area contributed by atoms with Gasteiger partial charge >= 0.3 is 0 Å². The summed E-state index contributed by atoms with van der Waals surface area (Å²) in [5.74, 6) is -2.47. The topological polar surface area (TPSA) is 164 Å². The van der Waals surface area contributed by atoms with Crippen molar-refractivity contribution in [2.45, 2.75) is 83.0 Å². The summed E-state index contributed by atoms with van der Waals surface area (Å²) in [6.45, 7) is 6.21. The largest absolute Gasteiger partial charge is 0.491 e. The van der Waals surface area contributed by atoms with Crippen molar-refractivity contribution in [3.05, 3.63) is 29.8 Å². The molecule has 1 aromatic rings. The lowest BCUT2D eigenvalue weighted by Crippen LogP contribution is -2.62. The zero-order valence-corrected chi connectivity index (χ0v) is 24.3. The first-order valence-electron chi connectivity index (χ1n) is 14.3. The van der Waals surface area contributed by atoms with Crippen LogP contribution in [-0.4, -0.2) is 80.1 Å². The Bertz CT molecular complexity index is 1100. The van der Waals surface area contributed by atoms with Crippen molar-refractivity contribution in [3.8, 4) is 5.75 Å². The molecule has 2 aliphatic rings. The Kier molecular flexibility index (Phi) is 11.5. The van der Waals surface area contributed by atoms with Gasteiger partial charge in [0.25, 0.3) is 5.91 Å². The minimum Gasteiger partial charge on any atom is -0.491 e. The molecule has 12 nitrogen and oxygen atoms in total. The number of methoxy groups -OCH3 is 1.